The second kappa shape index (κ2) is 5.64. The Morgan fingerprint density at radius 3 is 2.23 bits per heavy atom. The Balaban J connectivity index is 0.000000254. The van der Waals surface area contributed by atoms with Crippen LogP contribution in [0.2, 0.25) is 0 Å². The topological polar surface area (TPSA) is 104 Å². The van der Waals surface area contributed by atoms with Gasteiger partial charge in [0.2, 0.25) is 0 Å². The van der Waals surface area contributed by atoms with Crippen molar-refractivity contribution < 1.29 is 33.3 Å². The average molecular weight is 319 g/mol. The maximum atomic E-state index is 8.49. The molecule has 0 spiro atoms. The molecule has 0 fully saturated rings. The molecule has 0 saturated heterocycles. The molecule has 1 heterocycles. The van der Waals surface area contributed by atoms with E-state index in [2.05, 4.69) is 36.4 Å². The summed E-state index contributed by atoms with van der Waals surface area (Å²) in [5.74, 6) is 1.09. The molecule has 4 rings (SSSR count). The van der Waals surface area contributed by atoms with Gasteiger partial charge in [-0.15, -0.1) is 10.2 Å². The summed E-state index contributed by atoms with van der Waals surface area (Å²) < 4.78 is 40.0. The van der Waals surface area contributed by atoms with Crippen LogP contribution in [0.3, 0.4) is 0 Å². The minimum Gasteiger partial charge on any atom is -0.222 e. The van der Waals surface area contributed by atoms with Gasteiger partial charge in [-0.3, -0.25) is 0 Å². The first-order valence-electron chi connectivity index (χ1n) is 6.46. The summed E-state index contributed by atoms with van der Waals surface area (Å²) >= 11 is 0. The summed E-state index contributed by atoms with van der Waals surface area (Å²) in [6.07, 6.45) is 0.913. The van der Waals surface area contributed by atoms with Crippen molar-refractivity contribution in [1.82, 2.24) is 0 Å². The quantitative estimate of drug-likeness (QED) is 0.408. The van der Waals surface area contributed by atoms with Crippen molar-refractivity contribution in [1.29, 1.82) is 0 Å². The Morgan fingerprint density at radius 2 is 1.45 bits per heavy atom. The molecule has 0 aliphatic heterocycles. The molecule has 5 nitrogen and oxygen atoms in total. The van der Waals surface area contributed by atoms with E-state index in [-0.39, 0.29) is 0 Å². The lowest BCUT2D eigenvalue weighted by Crippen LogP contribution is -2.68. The Labute approximate surface area is 128 Å². The van der Waals surface area contributed by atoms with Gasteiger partial charge in [0, 0.05) is 6.07 Å². The Bertz CT molecular complexity index is 820. The van der Waals surface area contributed by atoms with E-state index in [0.29, 0.717) is 0 Å². The first-order chi connectivity index (χ1) is 10.4. The van der Waals surface area contributed by atoms with Gasteiger partial charge in [-0.25, -0.2) is 23.1 Å². The highest BCUT2D eigenvalue weighted by atomic mass is 35.7. The second-order valence-corrected chi connectivity index (χ2v) is 5.59. The van der Waals surface area contributed by atoms with Gasteiger partial charge in [-0.05, 0) is 23.3 Å². The monoisotopic (exact) mass is 318 g/mol. The molecule has 2 aromatic carbocycles. The standard InChI is InChI=1S/C16H11O.ClHO4/c1-3-7-13-11(5-1)10-16-14(13)9-12-6-2-4-8-15(12)17-16;2-1(3,4)5/h1-9H,10H2;(H,2,3,4,5)/q+1;/p-1. The molecule has 0 N–H and O–H groups in total. The fourth-order valence-corrected chi connectivity index (χ4v) is 2.59. The molecule has 1 aromatic heterocycles. The lowest BCUT2D eigenvalue weighted by molar-refractivity contribution is -2.00. The molecule has 22 heavy (non-hydrogen) atoms. The third-order valence-corrected chi connectivity index (χ3v) is 3.41. The predicted octanol–water partition coefficient (Wildman–Crippen LogP) is -0.471. The van der Waals surface area contributed by atoms with E-state index in [4.69, 9.17) is 23.1 Å². The molecule has 0 saturated carbocycles. The van der Waals surface area contributed by atoms with Gasteiger partial charge < -0.3 is 0 Å². The van der Waals surface area contributed by atoms with Crippen LogP contribution in [-0.2, 0) is 6.42 Å². The summed E-state index contributed by atoms with van der Waals surface area (Å²) in [4.78, 5) is 0. The molecule has 0 atom stereocenters. The van der Waals surface area contributed by atoms with Crippen molar-refractivity contribution in [3.63, 3.8) is 0 Å². The van der Waals surface area contributed by atoms with Gasteiger partial charge in [0.05, 0.1) is 17.4 Å². The third kappa shape index (κ3) is 3.24. The van der Waals surface area contributed by atoms with Crippen LogP contribution < -0.4 is 18.6 Å². The predicted molar refractivity (Wildman–Crippen MR) is 68.9 cm³/mol. The molecule has 3 aromatic rings. The van der Waals surface area contributed by atoms with Crippen LogP contribution in [0.1, 0.15) is 11.3 Å². The summed E-state index contributed by atoms with van der Waals surface area (Å²) in [6, 6.07) is 18.9. The maximum absolute atomic E-state index is 8.49. The molecule has 0 radical (unpaired) electrons. The van der Waals surface area contributed by atoms with E-state index in [1.54, 1.807) is 0 Å². The number of rotatable bonds is 0. The number of hydrogen-bond donors (Lipinski definition) is 0. The van der Waals surface area contributed by atoms with Crippen LogP contribution in [0.25, 0.3) is 22.1 Å². The Hall–Kier alpha value is -2.02. The lowest BCUT2D eigenvalue weighted by atomic mass is 10.1. The van der Waals surface area contributed by atoms with Crippen LogP contribution >= 0.6 is 0 Å². The molecule has 6 heteroatoms. The molecule has 0 unspecified atom stereocenters. The van der Waals surface area contributed by atoms with Crippen molar-refractivity contribution in [2.45, 2.75) is 6.42 Å². The van der Waals surface area contributed by atoms with E-state index in [9.17, 15) is 0 Å². The largest absolute Gasteiger partial charge is 0.360 e. The summed E-state index contributed by atoms with van der Waals surface area (Å²) in [6.45, 7) is 0. The van der Waals surface area contributed by atoms with Gasteiger partial charge >= 0.3 is 11.3 Å². The van der Waals surface area contributed by atoms with Crippen molar-refractivity contribution in [2.75, 3.05) is 0 Å². The minimum absolute atomic E-state index is 0.913. The van der Waals surface area contributed by atoms with Crippen LogP contribution in [0, 0.1) is 10.2 Å². The first-order valence-corrected chi connectivity index (χ1v) is 7.70. The fraction of sp³-hybridized carbons (Fsp3) is 0.0625. The van der Waals surface area contributed by atoms with Crippen LogP contribution in [0.4, 0.5) is 0 Å². The van der Waals surface area contributed by atoms with Crippen molar-refractivity contribution in [3.8, 4) is 11.1 Å². The highest BCUT2D eigenvalue weighted by Crippen LogP contribution is 2.38. The molecular formula is C16H11ClO5. The van der Waals surface area contributed by atoms with E-state index in [1.807, 2.05) is 18.2 Å². The van der Waals surface area contributed by atoms with Gasteiger partial charge in [0.15, 0.2) is 0 Å². The first kappa shape index (κ1) is 14.9. The van der Waals surface area contributed by atoms with Crippen molar-refractivity contribution in [3.05, 3.63) is 65.9 Å². The zero-order valence-corrected chi connectivity index (χ0v) is 12.1. The van der Waals surface area contributed by atoms with Crippen LogP contribution in [0.5, 0.6) is 0 Å². The Morgan fingerprint density at radius 1 is 0.818 bits per heavy atom. The minimum atomic E-state index is -4.94. The normalized spacial score (nSPS) is 12.4. The Kier molecular flexibility index (Phi) is 3.82. The van der Waals surface area contributed by atoms with Crippen LogP contribution in [0.15, 0.2) is 59.0 Å². The molecule has 112 valence electrons. The number of benzene rings is 2. The molecule has 1 aliphatic carbocycles. The number of hydrogen-bond acceptors (Lipinski definition) is 4. The number of halogens is 1. The average Bonchev–Trinajstić information content (AvgIpc) is 2.80. The summed E-state index contributed by atoms with van der Waals surface area (Å²) in [5, 5.41) is 1.17. The third-order valence-electron chi connectivity index (χ3n) is 3.41. The smallest absolute Gasteiger partial charge is 0.222 e. The van der Waals surface area contributed by atoms with E-state index in [1.165, 1.54) is 22.1 Å². The summed E-state index contributed by atoms with van der Waals surface area (Å²) in [5.41, 5.74) is 4.90. The molecule has 1 aliphatic rings. The van der Waals surface area contributed by atoms with Crippen molar-refractivity contribution >= 4 is 11.0 Å². The van der Waals surface area contributed by atoms with Gasteiger partial charge in [0.1, 0.15) is 0 Å². The number of fused-ring (bicyclic) bond motifs is 4. The van der Waals surface area contributed by atoms with Crippen molar-refractivity contribution in [2.24, 2.45) is 0 Å². The SMILES string of the molecule is [O-][Cl+3]([O-])([O-])[O-].c1ccc2c(c1)Cc1[o+]c3ccccc3cc1-2. The van der Waals surface area contributed by atoms with Gasteiger partial charge in [-0.2, -0.15) is 0 Å². The fourth-order valence-electron chi connectivity index (χ4n) is 2.59. The highest BCUT2D eigenvalue weighted by Gasteiger charge is 2.28. The van der Waals surface area contributed by atoms with E-state index < -0.39 is 10.2 Å². The molecular weight excluding hydrogens is 308 g/mol. The van der Waals surface area contributed by atoms with Crippen LogP contribution in [-0.4, -0.2) is 0 Å². The molecule has 0 bridgehead atoms. The van der Waals surface area contributed by atoms with E-state index in [0.717, 1.165) is 17.8 Å². The lowest BCUT2D eigenvalue weighted by Gasteiger charge is -2.17. The van der Waals surface area contributed by atoms with E-state index >= 15 is 0 Å². The second-order valence-electron chi connectivity index (χ2n) is 4.83. The van der Waals surface area contributed by atoms with Gasteiger partial charge in [-0.1, -0.05) is 36.4 Å². The maximum Gasteiger partial charge on any atom is 0.360 e. The zero-order chi connectivity index (χ0) is 15.7. The summed E-state index contributed by atoms with van der Waals surface area (Å²) in [7, 11) is -4.94. The molecule has 0 amide bonds. The highest BCUT2D eigenvalue weighted by molar-refractivity contribution is 5.85. The zero-order valence-electron chi connectivity index (χ0n) is 11.3. The van der Waals surface area contributed by atoms with Gasteiger partial charge in [0.25, 0.3) is 0 Å². The number of para-hydroxylation sites is 1.